The number of piperidine rings is 1. The zero-order valence-corrected chi connectivity index (χ0v) is 14.9. The molecule has 1 aromatic carbocycles. The van der Waals surface area contributed by atoms with Crippen molar-refractivity contribution in [1.82, 2.24) is 4.98 Å². The van der Waals surface area contributed by atoms with Gasteiger partial charge in [-0.25, -0.2) is 9.78 Å². The van der Waals surface area contributed by atoms with Gasteiger partial charge in [0.2, 0.25) is 0 Å². The van der Waals surface area contributed by atoms with Crippen molar-refractivity contribution in [1.29, 1.82) is 0 Å². The van der Waals surface area contributed by atoms with Crippen LogP contribution >= 0.6 is 11.6 Å². The van der Waals surface area contributed by atoms with Crippen LogP contribution in [0.25, 0.3) is 0 Å². The van der Waals surface area contributed by atoms with Crippen LogP contribution in [0.5, 0.6) is 5.75 Å². The summed E-state index contributed by atoms with van der Waals surface area (Å²) in [6.45, 7) is 4.13. The number of rotatable bonds is 5. The summed E-state index contributed by atoms with van der Waals surface area (Å²) in [4.78, 5) is 18.8. The maximum Gasteiger partial charge on any atom is 0.338 e. The first kappa shape index (κ1) is 17.5. The Morgan fingerprint density at radius 3 is 2.52 bits per heavy atom. The molecule has 1 aliphatic rings. The van der Waals surface area contributed by atoms with Crippen LogP contribution in [-0.2, 0) is 4.74 Å². The lowest BCUT2D eigenvalue weighted by molar-refractivity contribution is 0.0245. The molecule has 1 fully saturated rings. The van der Waals surface area contributed by atoms with Gasteiger partial charge in [0.15, 0.2) is 0 Å². The van der Waals surface area contributed by atoms with Crippen LogP contribution in [0.15, 0.2) is 42.6 Å². The van der Waals surface area contributed by atoms with Crippen LogP contribution in [0.4, 0.5) is 5.82 Å². The molecule has 1 aromatic heterocycles. The Morgan fingerprint density at radius 1 is 1.20 bits per heavy atom. The third-order valence-corrected chi connectivity index (χ3v) is 4.38. The minimum Gasteiger partial charge on any atom is -0.494 e. The SMILES string of the molecule is CCOc1ccc(C(=O)OC2CCN(c3ccc(Cl)cn3)CC2)cc1. The van der Waals surface area contributed by atoms with Crippen LogP contribution < -0.4 is 9.64 Å². The van der Waals surface area contributed by atoms with E-state index < -0.39 is 0 Å². The lowest BCUT2D eigenvalue weighted by Crippen LogP contribution is -2.38. The number of hydrogen-bond donors (Lipinski definition) is 0. The van der Waals surface area contributed by atoms with E-state index in [1.807, 2.05) is 19.1 Å². The van der Waals surface area contributed by atoms with E-state index in [-0.39, 0.29) is 12.1 Å². The van der Waals surface area contributed by atoms with Crippen LogP contribution in [0.2, 0.25) is 5.02 Å². The second-order valence-corrected chi connectivity index (χ2v) is 6.32. The number of esters is 1. The first-order chi connectivity index (χ1) is 12.2. The molecule has 0 aliphatic carbocycles. The highest BCUT2D eigenvalue weighted by atomic mass is 35.5. The largest absolute Gasteiger partial charge is 0.494 e. The maximum atomic E-state index is 12.3. The van der Waals surface area contributed by atoms with E-state index in [1.54, 1.807) is 30.5 Å². The Morgan fingerprint density at radius 2 is 1.92 bits per heavy atom. The molecule has 0 spiro atoms. The van der Waals surface area contributed by atoms with E-state index in [0.29, 0.717) is 17.2 Å². The first-order valence-corrected chi connectivity index (χ1v) is 8.84. The van der Waals surface area contributed by atoms with Gasteiger partial charge >= 0.3 is 5.97 Å². The molecule has 0 bridgehead atoms. The van der Waals surface area contributed by atoms with Crippen molar-refractivity contribution in [3.05, 3.63) is 53.2 Å². The van der Waals surface area contributed by atoms with Crippen molar-refractivity contribution in [3.8, 4) is 5.75 Å². The predicted molar refractivity (Wildman–Crippen MR) is 97.5 cm³/mol. The zero-order valence-electron chi connectivity index (χ0n) is 14.2. The number of ether oxygens (including phenoxy) is 2. The smallest absolute Gasteiger partial charge is 0.338 e. The van der Waals surface area contributed by atoms with Crippen LogP contribution in [0.3, 0.4) is 0 Å². The number of benzene rings is 1. The van der Waals surface area contributed by atoms with Gasteiger partial charge in [-0.05, 0) is 43.3 Å². The van der Waals surface area contributed by atoms with E-state index in [9.17, 15) is 4.79 Å². The molecule has 1 aliphatic heterocycles. The molecule has 0 unspecified atom stereocenters. The molecule has 0 N–H and O–H groups in total. The Bertz CT molecular complexity index is 696. The van der Waals surface area contributed by atoms with Gasteiger partial charge in [-0.3, -0.25) is 0 Å². The average molecular weight is 361 g/mol. The van der Waals surface area contributed by atoms with Crippen molar-refractivity contribution in [3.63, 3.8) is 0 Å². The molecule has 3 rings (SSSR count). The van der Waals surface area contributed by atoms with Gasteiger partial charge in [0.1, 0.15) is 17.7 Å². The molecule has 1 saturated heterocycles. The van der Waals surface area contributed by atoms with Gasteiger partial charge in [-0.1, -0.05) is 11.6 Å². The molecule has 0 saturated carbocycles. The fourth-order valence-corrected chi connectivity index (χ4v) is 2.94. The fourth-order valence-electron chi connectivity index (χ4n) is 2.83. The lowest BCUT2D eigenvalue weighted by Gasteiger charge is -2.32. The molecule has 0 amide bonds. The van der Waals surface area contributed by atoms with Crippen molar-refractivity contribution in [2.45, 2.75) is 25.9 Å². The number of pyridine rings is 1. The zero-order chi connectivity index (χ0) is 17.6. The first-order valence-electron chi connectivity index (χ1n) is 8.46. The van der Waals surface area contributed by atoms with Crippen molar-refractivity contribution >= 4 is 23.4 Å². The molecule has 2 aromatic rings. The Kier molecular flexibility index (Phi) is 5.76. The number of aromatic nitrogens is 1. The molecule has 5 nitrogen and oxygen atoms in total. The number of carbonyl (C=O) groups excluding carboxylic acids is 1. The summed E-state index contributed by atoms with van der Waals surface area (Å²) in [5.41, 5.74) is 0.547. The van der Waals surface area contributed by atoms with Crippen molar-refractivity contribution in [2.75, 3.05) is 24.6 Å². The summed E-state index contributed by atoms with van der Waals surface area (Å²) in [5.74, 6) is 1.37. The quantitative estimate of drug-likeness (QED) is 0.755. The average Bonchev–Trinajstić information content (AvgIpc) is 2.64. The van der Waals surface area contributed by atoms with Crippen molar-refractivity contribution in [2.24, 2.45) is 0 Å². The van der Waals surface area contributed by atoms with E-state index in [1.165, 1.54) is 0 Å². The van der Waals surface area contributed by atoms with Gasteiger partial charge in [0.05, 0.1) is 17.2 Å². The topological polar surface area (TPSA) is 51.7 Å². The molecule has 6 heteroatoms. The summed E-state index contributed by atoms with van der Waals surface area (Å²) in [5, 5.41) is 0.628. The maximum absolute atomic E-state index is 12.3. The summed E-state index contributed by atoms with van der Waals surface area (Å²) in [6.07, 6.45) is 3.15. The number of hydrogen-bond acceptors (Lipinski definition) is 5. The monoisotopic (exact) mass is 360 g/mol. The van der Waals surface area contributed by atoms with Gasteiger partial charge in [-0.15, -0.1) is 0 Å². The second-order valence-electron chi connectivity index (χ2n) is 5.88. The Labute approximate surface area is 152 Å². The standard InChI is InChI=1S/C19H21ClN2O3/c1-2-24-16-6-3-14(4-7-16)19(23)25-17-9-11-22(12-10-17)18-8-5-15(20)13-21-18/h3-8,13,17H,2,9-12H2,1H3. The Balaban J connectivity index is 1.51. The molecule has 25 heavy (non-hydrogen) atoms. The summed E-state index contributed by atoms with van der Waals surface area (Å²) in [7, 11) is 0. The predicted octanol–water partition coefficient (Wildman–Crippen LogP) is 3.96. The number of carbonyl (C=O) groups is 1. The summed E-state index contributed by atoms with van der Waals surface area (Å²) >= 11 is 5.87. The normalized spacial score (nSPS) is 15.0. The van der Waals surface area contributed by atoms with E-state index in [2.05, 4.69) is 9.88 Å². The molecule has 132 valence electrons. The number of anilines is 1. The summed E-state index contributed by atoms with van der Waals surface area (Å²) < 4.78 is 11.0. The molecule has 2 heterocycles. The molecular weight excluding hydrogens is 340 g/mol. The van der Waals surface area contributed by atoms with Gasteiger partial charge < -0.3 is 14.4 Å². The number of halogens is 1. The highest BCUT2D eigenvalue weighted by molar-refractivity contribution is 6.30. The Hall–Kier alpha value is -2.27. The third kappa shape index (κ3) is 4.63. The minimum atomic E-state index is -0.286. The highest BCUT2D eigenvalue weighted by Gasteiger charge is 2.23. The van der Waals surface area contributed by atoms with Gasteiger partial charge in [-0.2, -0.15) is 0 Å². The van der Waals surface area contributed by atoms with E-state index in [4.69, 9.17) is 21.1 Å². The molecule has 0 radical (unpaired) electrons. The fraction of sp³-hybridized carbons (Fsp3) is 0.368. The van der Waals surface area contributed by atoms with Crippen molar-refractivity contribution < 1.29 is 14.3 Å². The molecule has 0 atom stereocenters. The number of nitrogens with zero attached hydrogens (tertiary/aromatic N) is 2. The van der Waals surface area contributed by atoms with Crippen LogP contribution in [0, 0.1) is 0 Å². The van der Waals surface area contributed by atoms with E-state index in [0.717, 1.165) is 37.5 Å². The lowest BCUT2D eigenvalue weighted by atomic mass is 10.1. The third-order valence-electron chi connectivity index (χ3n) is 4.15. The molecular formula is C19H21ClN2O3. The highest BCUT2D eigenvalue weighted by Crippen LogP contribution is 2.22. The van der Waals surface area contributed by atoms with Crippen LogP contribution in [-0.4, -0.2) is 36.8 Å². The van der Waals surface area contributed by atoms with E-state index >= 15 is 0 Å². The minimum absolute atomic E-state index is 0.0670. The van der Waals surface area contributed by atoms with Gasteiger partial charge in [0, 0.05) is 32.1 Å². The summed E-state index contributed by atoms with van der Waals surface area (Å²) in [6, 6.07) is 10.8. The second kappa shape index (κ2) is 8.21. The van der Waals surface area contributed by atoms with Crippen LogP contribution in [0.1, 0.15) is 30.1 Å². The van der Waals surface area contributed by atoms with Gasteiger partial charge in [0.25, 0.3) is 0 Å².